The van der Waals surface area contributed by atoms with Crippen LogP contribution in [0.5, 0.6) is 5.75 Å². The fourth-order valence-electron chi connectivity index (χ4n) is 3.37. The maximum absolute atomic E-state index is 11.8. The van der Waals surface area contributed by atoms with Crippen molar-refractivity contribution in [2.45, 2.75) is 83.7 Å². The van der Waals surface area contributed by atoms with Crippen molar-refractivity contribution in [2.75, 3.05) is 13.2 Å². The quantitative estimate of drug-likeness (QED) is 0.217. The molecule has 0 spiro atoms. The lowest BCUT2D eigenvalue weighted by atomic mass is 10.1. The minimum Gasteiger partial charge on any atom is -0.493 e. The van der Waals surface area contributed by atoms with Crippen molar-refractivity contribution in [3.8, 4) is 5.75 Å². The lowest BCUT2D eigenvalue weighted by Crippen LogP contribution is -2.21. The standard InChI is InChI=1S/C25H36O6/c1-2-3-4-5-6-7-8-9-10-11-24(27)30-19-21(26)16-17-29-22-14-12-20-13-15-25(28)31-23(20)18-22/h12-15,18,21,26H,2-11,16-17,19H2,1H3. The Hall–Kier alpha value is -2.34. The third kappa shape index (κ3) is 10.5. The predicted molar refractivity (Wildman–Crippen MR) is 121 cm³/mol. The number of unbranched alkanes of at least 4 members (excludes halogenated alkanes) is 8. The zero-order chi connectivity index (χ0) is 22.3. The highest BCUT2D eigenvalue weighted by molar-refractivity contribution is 5.77. The van der Waals surface area contributed by atoms with Gasteiger partial charge in [0.25, 0.3) is 0 Å². The fraction of sp³-hybridized carbons (Fsp3) is 0.600. The number of ether oxygens (including phenoxy) is 2. The van der Waals surface area contributed by atoms with E-state index in [-0.39, 0.29) is 19.2 Å². The molecule has 2 aromatic rings. The molecule has 6 nitrogen and oxygen atoms in total. The third-order valence-corrected chi connectivity index (χ3v) is 5.24. The van der Waals surface area contributed by atoms with Gasteiger partial charge in [0.1, 0.15) is 17.9 Å². The third-order valence-electron chi connectivity index (χ3n) is 5.24. The molecule has 0 fully saturated rings. The molecule has 1 aromatic heterocycles. The first-order chi connectivity index (χ1) is 15.1. The molecule has 0 aliphatic heterocycles. The Balaban J connectivity index is 1.51. The lowest BCUT2D eigenvalue weighted by molar-refractivity contribution is -0.147. The highest BCUT2D eigenvalue weighted by atomic mass is 16.5. The van der Waals surface area contributed by atoms with E-state index in [4.69, 9.17) is 13.9 Å². The largest absolute Gasteiger partial charge is 0.493 e. The number of esters is 1. The van der Waals surface area contributed by atoms with Gasteiger partial charge < -0.3 is 19.0 Å². The fourth-order valence-corrected chi connectivity index (χ4v) is 3.37. The number of carbonyl (C=O) groups is 1. The maximum Gasteiger partial charge on any atom is 0.336 e. The van der Waals surface area contributed by atoms with Crippen LogP contribution in [0.3, 0.4) is 0 Å². The van der Waals surface area contributed by atoms with Crippen molar-refractivity contribution in [3.05, 3.63) is 40.8 Å². The van der Waals surface area contributed by atoms with Crippen LogP contribution in [-0.2, 0) is 9.53 Å². The van der Waals surface area contributed by atoms with Gasteiger partial charge in [0.2, 0.25) is 0 Å². The molecule has 1 atom stereocenters. The van der Waals surface area contributed by atoms with Crippen molar-refractivity contribution in [2.24, 2.45) is 0 Å². The Morgan fingerprint density at radius 2 is 1.68 bits per heavy atom. The van der Waals surface area contributed by atoms with Gasteiger partial charge in [-0.15, -0.1) is 0 Å². The number of fused-ring (bicyclic) bond motifs is 1. The van der Waals surface area contributed by atoms with Crippen LogP contribution in [0.1, 0.15) is 77.6 Å². The first kappa shape index (κ1) is 24.9. The number of aliphatic hydroxyl groups excluding tert-OH is 1. The van der Waals surface area contributed by atoms with Crippen molar-refractivity contribution >= 4 is 16.9 Å². The average Bonchev–Trinajstić information content (AvgIpc) is 2.76. The molecule has 0 saturated carbocycles. The summed E-state index contributed by atoms with van der Waals surface area (Å²) in [5.41, 5.74) is 0.0419. The minimum atomic E-state index is -0.773. The molecular formula is C25H36O6. The van der Waals surface area contributed by atoms with Crippen LogP contribution in [-0.4, -0.2) is 30.4 Å². The lowest BCUT2D eigenvalue weighted by Gasteiger charge is -2.12. The first-order valence-corrected chi connectivity index (χ1v) is 11.6. The van der Waals surface area contributed by atoms with E-state index < -0.39 is 11.7 Å². The smallest absolute Gasteiger partial charge is 0.336 e. The molecule has 6 heteroatoms. The van der Waals surface area contributed by atoms with Crippen LogP contribution < -0.4 is 10.4 Å². The van der Waals surface area contributed by atoms with Crippen LogP contribution in [0.4, 0.5) is 0 Å². The van der Waals surface area contributed by atoms with Crippen LogP contribution in [0.2, 0.25) is 0 Å². The zero-order valence-corrected chi connectivity index (χ0v) is 18.6. The van der Waals surface area contributed by atoms with Crippen molar-refractivity contribution in [1.29, 1.82) is 0 Å². The van der Waals surface area contributed by atoms with Crippen molar-refractivity contribution in [3.63, 3.8) is 0 Å². The average molecular weight is 433 g/mol. The van der Waals surface area contributed by atoms with Gasteiger partial charge >= 0.3 is 11.6 Å². The second kappa shape index (κ2) is 14.6. The Morgan fingerprint density at radius 3 is 2.42 bits per heavy atom. The van der Waals surface area contributed by atoms with Gasteiger partial charge in [0, 0.05) is 30.4 Å². The normalized spacial score (nSPS) is 12.1. The number of hydrogen-bond acceptors (Lipinski definition) is 6. The molecule has 0 bridgehead atoms. The van der Waals surface area contributed by atoms with E-state index in [0.717, 1.165) is 24.6 Å². The van der Waals surface area contributed by atoms with Crippen LogP contribution in [0, 0.1) is 0 Å². The Labute approximate surface area is 184 Å². The van der Waals surface area contributed by atoms with E-state index in [1.807, 2.05) is 0 Å². The van der Waals surface area contributed by atoms with Crippen molar-refractivity contribution < 1.29 is 23.8 Å². The number of carbonyl (C=O) groups excluding carboxylic acids is 1. The molecule has 0 aliphatic carbocycles. The molecule has 0 radical (unpaired) electrons. The second-order valence-electron chi connectivity index (χ2n) is 8.01. The van der Waals surface area contributed by atoms with Gasteiger partial charge in [0.05, 0.1) is 12.7 Å². The number of rotatable bonds is 16. The SMILES string of the molecule is CCCCCCCCCCCC(=O)OCC(O)CCOc1ccc2ccc(=O)oc2c1. The Kier molecular flexibility index (Phi) is 11.8. The Morgan fingerprint density at radius 1 is 1.00 bits per heavy atom. The van der Waals surface area contributed by atoms with Crippen LogP contribution in [0.15, 0.2) is 39.5 Å². The monoisotopic (exact) mass is 432 g/mol. The van der Waals surface area contributed by atoms with E-state index in [1.54, 1.807) is 24.3 Å². The van der Waals surface area contributed by atoms with E-state index in [9.17, 15) is 14.7 Å². The predicted octanol–water partition coefficient (Wildman–Crippen LogP) is 5.39. The van der Waals surface area contributed by atoms with E-state index in [1.165, 1.54) is 44.6 Å². The summed E-state index contributed by atoms with van der Waals surface area (Å²) in [6, 6.07) is 8.29. The Bertz CT molecular complexity index is 828. The zero-order valence-electron chi connectivity index (χ0n) is 18.6. The molecule has 0 amide bonds. The van der Waals surface area contributed by atoms with E-state index in [0.29, 0.717) is 24.2 Å². The second-order valence-corrected chi connectivity index (χ2v) is 8.01. The molecule has 0 aliphatic rings. The highest BCUT2D eigenvalue weighted by Gasteiger charge is 2.10. The van der Waals surface area contributed by atoms with Crippen LogP contribution >= 0.6 is 0 Å². The summed E-state index contributed by atoms with van der Waals surface area (Å²) in [6.45, 7) is 2.46. The highest BCUT2D eigenvalue weighted by Crippen LogP contribution is 2.19. The summed E-state index contributed by atoms with van der Waals surface area (Å²) in [4.78, 5) is 23.1. The molecular weight excluding hydrogens is 396 g/mol. The van der Waals surface area contributed by atoms with E-state index in [2.05, 4.69) is 6.92 Å². The van der Waals surface area contributed by atoms with Gasteiger partial charge in [-0.05, 0) is 24.6 Å². The topological polar surface area (TPSA) is 86.0 Å². The summed E-state index contributed by atoms with van der Waals surface area (Å²) in [6.07, 6.45) is 10.8. The van der Waals surface area contributed by atoms with Gasteiger partial charge in [-0.25, -0.2) is 4.79 Å². The van der Waals surface area contributed by atoms with E-state index >= 15 is 0 Å². The maximum atomic E-state index is 11.8. The van der Waals surface area contributed by atoms with Gasteiger partial charge in [-0.2, -0.15) is 0 Å². The molecule has 2 rings (SSSR count). The summed E-state index contributed by atoms with van der Waals surface area (Å²) < 4.78 is 15.9. The summed E-state index contributed by atoms with van der Waals surface area (Å²) in [7, 11) is 0. The minimum absolute atomic E-state index is 0.0216. The molecule has 31 heavy (non-hydrogen) atoms. The van der Waals surface area contributed by atoms with Gasteiger partial charge in [0.15, 0.2) is 0 Å². The first-order valence-electron chi connectivity index (χ1n) is 11.6. The number of hydrogen-bond donors (Lipinski definition) is 1. The van der Waals surface area contributed by atoms with Gasteiger partial charge in [-0.1, -0.05) is 58.3 Å². The molecule has 1 heterocycles. The number of benzene rings is 1. The molecule has 1 unspecified atom stereocenters. The molecule has 0 saturated heterocycles. The summed E-state index contributed by atoms with van der Waals surface area (Å²) in [5, 5.41) is 10.8. The van der Waals surface area contributed by atoms with Crippen LogP contribution in [0.25, 0.3) is 11.0 Å². The van der Waals surface area contributed by atoms with Crippen molar-refractivity contribution in [1.82, 2.24) is 0 Å². The molecule has 1 N–H and O–H groups in total. The number of aliphatic hydroxyl groups is 1. The summed E-state index contributed by atoms with van der Waals surface area (Å²) >= 11 is 0. The summed E-state index contributed by atoms with van der Waals surface area (Å²) in [5.74, 6) is 0.295. The molecule has 172 valence electrons. The van der Waals surface area contributed by atoms with Gasteiger partial charge in [-0.3, -0.25) is 4.79 Å². The molecule has 1 aromatic carbocycles.